The van der Waals surface area contributed by atoms with Crippen LogP contribution < -0.4 is 4.74 Å². The average Bonchev–Trinajstić information content (AvgIpc) is 3.01. The monoisotopic (exact) mass is 409 g/mol. The van der Waals surface area contributed by atoms with Crippen molar-refractivity contribution in [2.45, 2.75) is 32.0 Å². The molecule has 28 heavy (non-hydrogen) atoms. The lowest BCUT2D eigenvalue weighted by atomic mass is 10.1. The lowest BCUT2D eigenvalue weighted by Gasteiger charge is -2.28. The molecule has 3 rings (SSSR count). The largest absolute Gasteiger partial charge is 0.435 e. The van der Waals surface area contributed by atoms with E-state index in [9.17, 15) is 22.0 Å². The molecule has 0 unspecified atom stereocenters. The quantitative estimate of drug-likeness (QED) is 0.705. The van der Waals surface area contributed by atoms with Crippen LogP contribution in [-0.2, 0) is 27.6 Å². The number of nitrogens with zero attached hydrogens (tertiary/aromatic N) is 1. The van der Waals surface area contributed by atoms with E-state index < -0.39 is 16.4 Å². The Hall–Kier alpha value is -2.48. The van der Waals surface area contributed by atoms with Gasteiger partial charge in [-0.15, -0.1) is 0 Å². The van der Waals surface area contributed by atoms with Gasteiger partial charge in [0.25, 0.3) is 0 Å². The smallest absolute Gasteiger partial charge is 0.387 e. The number of alkyl halides is 2. The molecule has 0 spiro atoms. The molecular formula is C20H21F2NO4S. The number of hydrogen-bond acceptors (Lipinski definition) is 4. The molecular weight excluding hydrogens is 388 g/mol. The molecule has 2 aromatic rings. The fraction of sp³-hybridized carbons (Fsp3) is 0.350. The van der Waals surface area contributed by atoms with Crippen LogP contribution in [0.2, 0.25) is 0 Å². The Bertz CT molecular complexity index is 902. The van der Waals surface area contributed by atoms with Crippen LogP contribution in [0, 0.1) is 0 Å². The first-order valence-corrected chi connectivity index (χ1v) is 10.7. The number of hydrogen-bond donors (Lipinski definition) is 0. The predicted octanol–water partition coefficient (Wildman–Crippen LogP) is 3.05. The van der Waals surface area contributed by atoms with Gasteiger partial charge in [-0.3, -0.25) is 4.79 Å². The SMILES string of the molecule is O=C(Cc1ccc(OC(F)F)cc1)N(Cc1ccccc1)[C@H]1CCS(=O)(=O)C1. The summed E-state index contributed by atoms with van der Waals surface area (Å²) in [7, 11) is -3.14. The summed E-state index contributed by atoms with van der Waals surface area (Å²) in [4.78, 5) is 14.6. The highest BCUT2D eigenvalue weighted by Crippen LogP contribution is 2.22. The third-order valence-electron chi connectivity index (χ3n) is 4.67. The molecule has 1 aliphatic rings. The van der Waals surface area contributed by atoms with Crippen LogP contribution in [0.3, 0.4) is 0 Å². The van der Waals surface area contributed by atoms with Crippen molar-refractivity contribution >= 4 is 15.7 Å². The van der Waals surface area contributed by atoms with Crippen molar-refractivity contribution in [3.63, 3.8) is 0 Å². The lowest BCUT2D eigenvalue weighted by molar-refractivity contribution is -0.133. The van der Waals surface area contributed by atoms with Crippen LogP contribution in [0.1, 0.15) is 17.5 Å². The topological polar surface area (TPSA) is 63.7 Å². The molecule has 150 valence electrons. The maximum atomic E-state index is 13.0. The van der Waals surface area contributed by atoms with Gasteiger partial charge in [-0.25, -0.2) is 8.42 Å². The summed E-state index contributed by atoms with van der Waals surface area (Å²) in [5, 5.41) is 0. The van der Waals surface area contributed by atoms with Crippen LogP contribution >= 0.6 is 0 Å². The summed E-state index contributed by atoms with van der Waals surface area (Å²) < 4.78 is 52.6. The van der Waals surface area contributed by atoms with E-state index in [-0.39, 0.29) is 35.6 Å². The van der Waals surface area contributed by atoms with Gasteiger partial charge in [0.2, 0.25) is 5.91 Å². The van der Waals surface area contributed by atoms with Crippen LogP contribution in [0.5, 0.6) is 5.75 Å². The van der Waals surface area contributed by atoms with Crippen LogP contribution in [-0.4, -0.2) is 43.4 Å². The van der Waals surface area contributed by atoms with E-state index in [0.717, 1.165) is 5.56 Å². The Morgan fingerprint density at radius 2 is 1.75 bits per heavy atom. The number of rotatable bonds is 7. The first kappa shape index (κ1) is 20.3. The number of carbonyl (C=O) groups excluding carboxylic acids is 1. The first-order chi connectivity index (χ1) is 13.3. The van der Waals surface area contributed by atoms with Crippen LogP contribution in [0.25, 0.3) is 0 Å². The zero-order valence-corrected chi connectivity index (χ0v) is 15.9. The molecule has 1 saturated heterocycles. The Labute approximate surface area is 162 Å². The molecule has 1 heterocycles. The Morgan fingerprint density at radius 3 is 2.32 bits per heavy atom. The van der Waals surface area contributed by atoms with E-state index in [0.29, 0.717) is 18.5 Å². The minimum absolute atomic E-state index is 0.0224. The van der Waals surface area contributed by atoms with E-state index in [2.05, 4.69) is 4.74 Å². The van der Waals surface area contributed by atoms with Crippen molar-refractivity contribution in [3.8, 4) is 5.75 Å². The molecule has 0 bridgehead atoms. The van der Waals surface area contributed by atoms with Crippen LogP contribution in [0.4, 0.5) is 8.78 Å². The number of carbonyl (C=O) groups is 1. The Balaban J connectivity index is 1.74. The highest BCUT2D eigenvalue weighted by molar-refractivity contribution is 7.91. The number of benzene rings is 2. The van der Waals surface area contributed by atoms with Gasteiger partial charge in [0.05, 0.1) is 17.9 Å². The molecule has 5 nitrogen and oxygen atoms in total. The Kier molecular flexibility index (Phi) is 6.28. The molecule has 0 aliphatic carbocycles. The highest BCUT2D eigenvalue weighted by atomic mass is 32.2. The van der Waals surface area contributed by atoms with Gasteiger partial charge in [-0.05, 0) is 29.7 Å². The molecule has 1 atom stereocenters. The molecule has 0 saturated carbocycles. The average molecular weight is 409 g/mol. The van der Waals surface area contributed by atoms with Gasteiger partial charge in [0, 0.05) is 12.6 Å². The standard InChI is InChI=1S/C20H21F2NO4S/c21-20(22)27-18-8-6-15(7-9-18)12-19(24)23(13-16-4-2-1-3-5-16)17-10-11-28(25,26)14-17/h1-9,17,20H,10-14H2/t17-/m0/s1. The zero-order chi connectivity index (χ0) is 20.1. The molecule has 1 amide bonds. The third-order valence-corrected chi connectivity index (χ3v) is 6.42. The minimum atomic E-state index is -3.14. The van der Waals surface area contributed by atoms with E-state index in [1.807, 2.05) is 30.3 Å². The fourth-order valence-electron chi connectivity index (χ4n) is 3.29. The van der Waals surface area contributed by atoms with Gasteiger partial charge in [-0.2, -0.15) is 8.78 Å². The summed E-state index contributed by atoms with van der Waals surface area (Å²) in [6.07, 6.45) is 0.473. The molecule has 0 aromatic heterocycles. The second-order valence-electron chi connectivity index (χ2n) is 6.76. The van der Waals surface area contributed by atoms with Gasteiger partial charge in [0.15, 0.2) is 9.84 Å². The molecule has 0 radical (unpaired) electrons. The van der Waals surface area contributed by atoms with Crippen molar-refractivity contribution < 1.29 is 26.7 Å². The number of amides is 1. The lowest BCUT2D eigenvalue weighted by Crippen LogP contribution is -2.41. The van der Waals surface area contributed by atoms with Crippen molar-refractivity contribution in [1.29, 1.82) is 0 Å². The maximum Gasteiger partial charge on any atom is 0.387 e. The molecule has 2 aromatic carbocycles. The number of ether oxygens (including phenoxy) is 1. The van der Waals surface area contributed by atoms with Gasteiger partial charge in [-0.1, -0.05) is 42.5 Å². The van der Waals surface area contributed by atoms with Crippen LogP contribution in [0.15, 0.2) is 54.6 Å². The van der Waals surface area contributed by atoms with Crippen molar-refractivity contribution in [3.05, 3.63) is 65.7 Å². The maximum absolute atomic E-state index is 13.0. The van der Waals surface area contributed by atoms with Crippen molar-refractivity contribution in [1.82, 2.24) is 4.90 Å². The summed E-state index contributed by atoms with van der Waals surface area (Å²) >= 11 is 0. The summed E-state index contributed by atoms with van der Waals surface area (Å²) in [5.74, 6) is -0.134. The van der Waals surface area contributed by atoms with Crippen molar-refractivity contribution in [2.24, 2.45) is 0 Å². The Morgan fingerprint density at radius 1 is 1.07 bits per heavy atom. The van der Waals surface area contributed by atoms with Gasteiger partial charge < -0.3 is 9.64 Å². The minimum Gasteiger partial charge on any atom is -0.435 e. The van der Waals surface area contributed by atoms with E-state index in [4.69, 9.17) is 0 Å². The zero-order valence-electron chi connectivity index (χ0n) is 15.1. The summed E-state index contributed by atoms with van der Waals surface area (Å²) in [6.45, 7) is -2.58. The third kappa shape index (κ3) is 5.51. The van der Waals surface area contributed by atoms with E-state index in [1.54, 1.807) is 17.0 Å². The molecule has 0 N–H and O–H groups in total. The summed E-state index contributed by atoms with van der Waals surface area (Å²) in [6, 6.07) is 14.9. The highest BCUT2D eigenvalue weighted by Gasteiger charge is 2.34. The van der Waals surface area contributed by atoms with E-state index >= 15 is 0 Å². The normalized spacial score (nSPS) is 18.2. The van der Waals surface area contributed by atoms with E-state index in [1.165, 1.54) is 12.1 Å². The van der Waals surface area contributed by atoms with Gasteiger partial charge >= 0.3 is 6.61 Å². The number of halogens is 2. The number of sulfone groups is 1. The van der Waals surface area contributed by atoms with Gasteiger partial charge in [0.1, 0.15) is 5.75 Å². The predicted molar refractivity (Wildman–Crippen MR) is 101 cm³/mol. The fourth-order valence-corrected chi connectivity index (χ4v) is 5.02. The second kappa shape index (κ2) is 8.68. The molecule has 1 aliphatic heterocycles. The molecule has 8 heteroatoms. The molecule has 1 fully saturated rings. The summed E-state index contributed by atoms with van der Waals surface area (Å²) in [5.41, 5.74) is 1.56. The second-order valence-corrected chi connectivity index (χ2v) is 8.99. The first-order valence-electron chi connectivity index (χ1n) is 8.90. The van der Waals surface area contributed by atoms with Crippen molar-refractivity contribution in [2.75, 3.05) is 11.5 Å².